The van der Waals surface area contributed by atoms with Crippen molar-refractivity contribution in [3.63, 3.8) is 0 Å². The van der Waals surface area contributed by atoms with Crippen LogP contribution in [-0.4, -0.2) is 40.7 Å². The quantitative estimate of drug-likeness (QED) is 0.509. The van der Waals surface area contributed by atoms with E-state index in [-0.39, 0.29) is 11.7 Å². The number of carbonyl (C=O) groups is 2. The van der Waals surface area contributed by atoms with Gasteiger partial charge in [0.2, 0.25) is 5.91 Å². The molecule has 1 heterocycles. The number of H-pyrrole nitrogens is 1. The molecule has 1 aromatic carbocycles. The third-order valence-electron chi connectivity index (χ3n) is 4.01. The molecule has 146 valence electrons. The van der Waals surface area contributed by atoms with Crippen LogP contribution < -0.4 is 5.32 Å². The molecular formula is C20H27N3O3S. The van der Waals surface area contributed by atoms with Gasteiger partial charge >= 0.3 is 5.97 Å². The molecule has 1 atom stereocenters. The number of hydrogen-bond donors (Lipinski definition) is 2. The first-order valence-corrected chi connectivity index (χ1v) is 9.97. The molecule has 0 spiro atoms. The summed E-state index contributed by atoms with van der Waals surface area (Å²) in [7, 11) is 1.32. The zero-order valence-corrected chi connectivity index (χ0v) is 17.1. The van der Waals surface area contributed by atoms with Crippen LogP contribution in [0.3, 0.4) is 0 Å². The van der Waals surface area contributed by atoms with Gasteiger partial charge in [0.15, 0.2) is 5.16 Å². The Balaban J connectivity index is 1.92. The molecule has 1 aromatic heterocycles. The van der Waals surface area contributed by atoms with E-state index in [2.05, 4.69) is 29.1 Å². The number of thioether (sulfide) groups is 1. The molecule has 0 aliphatic heterocycles. The third-order valence-corrected chi connectivity index (χ3v) is 4.88. The maximum atomic E-state index is 12.3. The summed E-state index contributed by atoms with van der Waals surface area (Å²) in [5, 5.41) is 3.48. The largest absolute Gasteiger partial charge is 0.467 e. The normalized spacial score (nSPS) is 12.0. The summed E-state index contributed by atoms with van der Waals surface area (Å²) in [6, 6.07) is 8.83. The van der Waals surface area contributed by atoms with Crippen LogP contribution in [0, 0.1) is 12.8 Å². The Morgan fingerprint density at radius 3 is 2.56 bits per heavy atom. The van der Waals surface area contributed by atoms with Crippen molar-refractivity contribution < 1.29 is 14.3 Å². The molecule has 0 aliphatic rings. The highest BCUT2D eigenvalue weighted by Gasteiger charge is 2.22. The Morgan fingerprint density at radius 1 is 1.22 bits per heavy atom. The molecule has 2 N–H and O–H groups in total. The summed E-state index contributed by atoms with van der Waals surface area (Å²) < 4.78 is 4.83. The SMILES string of the molecule is COC(=O)[C@@H](Cc1ccccc1)NC(=O)CSc1nc(CC(C)C)c(C)[nH]1. The van der Waals surface area contributed by atoms with Crippen molar-refractivity contribution >= 4 is 23.6 Å². The number of nitrogens with one attached hydrogen (secondary N) is 2. The fraction of sp³-hybridized carbons (Fsp3) is 0.450. The Bertz CT molecular complexity index is 759. The highest BCUT2D eigenvalue weighted by Crippen LogP contribution is 2.18. The van der Waals surface area contributed by atoms with E-state index >= 15 is 0 Å². The molecule has 0 unspecified atom stereocenters. The maximum absolute atomic E-state index is 12.3. The molecule has 2 rings (SSSR count). The average molecular weight is 390 g/mol. The van der Waals surface area contributed by atoms with Crippen LogP contribution >= 0.6 is 11.8 Å². The second kappa shape index (κ2) is 10.2. The number of rotatable bonds is 9. The zero-order valence-electron chi connectivity index (χ0n) is 16.2. The van der Waals surface area contributed by atoms with Crippen LogP contribution in [0.4, 0.5) is 0 Å². The van der Waals surface area contributed by atoms with Crippen LogP contribution in [0.2, 0.25) is 0 Å². The first-order chi connectivity index (χ1) is 12.9. The maximum Gasteiger partial charge on any atom is 0.328 e. The highest BCUT2D eigenvalue weighted by atomic mass is 32.2. The molecule has 0 fully saturated rings. The lowest BCUT2D eigenvalue weighted by molar-refractivity contribution is -0.144. The van der Waals surface area contributed by atoms with E-state index in [1.54, 1.807) is 0 Å². The van der Waals surface area contributed by atoms with Gasteiger partial charge in [0, 0.05) is 12.1 Å². The zero-order chi connectivity index (χ0) is 19.8. The topological polar surface area (TPSA) is 84.1 Å². The lowest BCUT2D eigenvalue weighted by atomic mass is 10.1. The molecule has 1 amide bonds. The lowest BCUT2D eigenvalue weighted by Gasteiger charge is -2.16. The Kier molecular flexibility index (Phi) is 7.91. The van der Waals surface area contributed by atoms with Gasteiger partial charge in [-0.3, -0.25) is 4.79 Å². The summed E-state index contributed by atoms with van der Waals surface area (Å²) in [5.41, 5.74) is 3.02. The number of benzene rings is 1. The second-order valence-corrected chi connectivity index (χ2v) is 7.80. The van der Waals surface area contributed by atoms with E-state index in [0.29, 0.717) is 12.3 Å². The van der Waals surface area contributed by atoms with E-state index in [9.17, 15) is 9.59 Å². The van der Waals surface area contributed by atoms with Crippen molar-refractivity contribution in [1.29, 1.82) is 0 Å². The summed E-state index contributed by atoms with van der Waals surface area (Å²) in [5.74, 6) is 0.0131. The smallest absolute Gasteiger partial charge is 0.328 e. The van der Waals surface area contributed by atoms with E-state index in [4.69, 9.17) is 4.74 Å². The van der Waals surface area contributed by atoms with Gasteiger partial charge in [-0.25, -0.2) is 9.78 Å². The van der Waals surface area contributed by atoms with E-state index in [1.165, 1.54) is 18.9 Å². The molecule has 2 aromatic rings. The summed E-state index contributed by atoms with van der Waals surface area (Å²) >= 11 is 1.33. The van der Waals surface area contributed by atoms with Gasteiger partial charge in [0.05, 0.1) is 18.6 Å². The van der Waals surface area contributed by atoms with Crippen LogP contribution in [0.15, 0.2) is 35.5 Å². The molecule has 7 heteroatoms. The Hall–Kier alpha value is -2.28. The van der Waals surface area contributed by atoms with Gasteiger partial charge in [0.25, 0.3) is 0 Å². The fourth-order valence-corrected chi connectivity index (χ4v) is 3.43. The van der Waals surface area contributed by atoms with Gasteiger partial charge in [-0.2, -0.15) is 0 Å². The monoisotopic (exact) mass is 389 g/mol. The molecule has 0 bridgehead atoms. The number of aromatic amines is 1. The van der Waals surface area contributed by atoms with Crippen molar-refractivity contribution in [3.8, 4) is 0 Å². The predicted molar refractivity (Wildman–Crippen MR) is 107 cm³/mol. The summed E-state index contributed by atoms with van der Waals surface area (Å²) in [4.78, 5) is 32.1. The average Bonchev–Trinajstić information content (AvgIpc) is 2.98. The van der Waals surface area contributed by atoms with E-state index in [1.807, 2.05) is 37.3 Å². The van der Waals surface area contributed by atoms with Crippen LogP contribution in [0.25, 0.3) is 0 Å². The number of amides is 1. The van der Waals surface area contributed by atoms with Crippen LogP contribution in [0.1, 0.15) is 30.8 Å². The number of carbonyl (C=O) groups excluding carboxylic acids is 2. The number of aryl methyl sites for hydroxylation is 1. The van der Waals surface area contributed by atoms with Crippen LogP contribution in [0.5, 0.6) is 0 Å². The van der Waals surface area contributed by atoms with Gasteiger partial charge in [-0.1, -0.05) is 55.9 Å². The lowest BCUT2D eigenvalue weighted by Crippen LogP contribution is -2.43. The first kappa shape index (κ1) is 21.0. The highest BCUT2D eigenvalue weighted by molar-refractivity contribution is 7.99. The first-order valence-electron chi connectivity index (χ1n) is 8.98. The third kappa shape index (κ3) is 6.75. The van der Waals surface area contributed by atoms with Gasteiger partial charge in [-0.05, 0) is 24.8 Å². The molecule has 0 saturated heterocycles. The Morgan fingerprint density at radius 2 is 1.93 bits per heavy atom. The standard InChI is InChI=1S/C20H27N3O3S/c1-13(2)10-16-14(3)21-20(23-16)27-12-18(24)22-17(19(25)26-4)11-15-8-6-5-7-9-15/h5-9,13,17H,10-12H2,1-4H3,(H,21,23)(H,22,24)/t17-/m1/s1. The number of esters is 1. The van der Waals surface area contributed by atoms with Gasteiger partial charge < -0.3 is 15.0 Å². The van der Waals surface area contributed by atoms with Crippen molar-refractivity contribution in [1.82, 2.24) is 15.3 Å². The van der Waals surface area contributed by atoms with Gasteiger partial charge in [-0.15, -0.1) is 0 Å². The minimum absolute atomic E-state index is 0.177. The number of aromatic nitrogens is 2. The number of ether oxygens (including phenoxy) is 1. The summed E-state index contributed by atoms with van der Waals surface area (Å²) in [6.45, 7) is 6.28. The molecule has 0 radical (unpaired) electrons. The number of methoxy groups -OCH3 is 1. The van der Waals surface area contributed by atoms with Crippen LogP contribution in [-0.2, 0) is 27.2 Å². The fourth-order valence-electron chi connectivity index (χ4n) is 2.68. The Labute approximate surface area is 164 Å². The minimum Gasteiger partial charge on any atom is -0.467 e. The minimum atomic E-state index is -0.708. The number of hydrogen-bond acceptors (Lipinski definition) is 5. The number of nitrogens with zero attached hydrogens (tertiary/aromatic N) is 1. The van der Waals surface area contributed by atoms with E-state index < -0.39 is 12.0 Å². The van der Waals surface area contributed by atoms with E-state index in [0.717, 1.165) is 28.5 Å². The predicted octanol–water partition coefficient (Wildman–Crippen LogP) is 2.91. The molecule has 0 saturated carbocycles. The molecule has 27 heavy (non-hydrogen) atoms. The second-order valence-electron chi connectivity index (χ2n) is 6.83. The molecule has 6 nitrogen and oxygen atoms in total. The van der Waals surface area contributed by atoms with Crippen molar-refractivity contribution in [2.75, 3.05) is 12.9 Å². The molecular weight excluding hydrogens is 362 g/mol. The van der Waals surface area contributed by atoms with Crippen molar-refractivity contribution in [2.45, 2.75) is 44.8 Å². The number of imidazole rings is 1. The summed E-state index contributed by atoms with van der Waals surface area (Å²) in [6.07, 6.45) is 1.29. The van der Waals surface area contributed by atoms with Gasteiger partial charge in [0.1, 0.15) is 6.04 Å². The van der Waals surface area contributed by atoms with Crippen molar-refractivity contribution in [2.24, 2.45) is 5.92 Å². The molecule has 0 aliphatic carbocycles. The van der Waals surface area contributed by atoms with Crippen molar-refractivity contribution in [3.05, 3.63) is 47.3 Å².